The van der Waals surface area contributed by atoms with Crippen molar-refractivity contribution in [3.8, 4) is 0 Å². The van der Waals surface area contributed by atoms with Gasteiger partial charge in [-0.25, -0.2) is 0 Å². The maximum Gasteiger partial charge on any atom is 0.0894 e. The highest BCUT2D eigenvalue weighted by Gasteiger charge is 2.10. The molecule has 4 heteroatoms. The van der Waals surface area contributed by atoms with Crippen LogP contribution in [-0.2, 0) is 0 Å². The molecular formula is C10H21N3O. The minimum absolute atomic E-state index is 0.232. The van der Waals surface area contributed by atoms with Crippen molar-refractivity contribution in [2.24, 2.45) is 0 Å². The van der Waals surface area contributed by atoms with Gasteiger partial charge in [0.1, 0.15) is 0 Å². The van der Waals surface area contributed by atoms with E-state index in [2.05, 4.69) is 35.0 Å². The summed E-state index contributed by atoms with van der Waals surface area (Å²) in [6.07, 6.45) is 5.33. The Morgan fingerprint density at radius 3 is 2.43 bits per heavy atom. The quantitative estimate of drug-likeness (QED) is 0.651. The molecule has 0 saturated carbocycles. The molecule has 1 N–H and O–H groups in total. The number of nitrogens with zero attached hydrogens (tertiary/aromatic N) is 3. The fraction of sp³-hybridized carbons (Fsp3) is 0.800. The Hall–Kier alpha value is -0.740. The monoisotopic (exact) mass is 199 g/mol. The second-order valence-electron chi connectivity index (χ2n) is 3.94. The van der Waals surface area contributed by atoms with Gasteiger partial charge in [0.05, 0.1) is 13.3 Å². The van der Waals surface area contributed by atoms with Crippen molar-refractivity contribution in [1.82, 2.24) is 14.7 Å². The van der Waals surface area contributed by atoms with Crippen molar-refractivity contribution in [2.75, 3.05) is 47.0 Å². The molecule has 0 bridgehead atoms. The molecule has 0 aromatic heterocycles. The van der Waals surface area contributed by atoms with Crippen molar-refractivity contribution < 1.29 is 5.11 Å². The van der Waals surface area contributed by atoms with Gasteiger partial charge in [-0.2, -0.15) is 0 Å². The molecule has 0 unspecified atom stereocenters. The van der Waals surface area contributed by atoms with Gasteiger partial charge >= 0.3 is 0 Å². The first-order valence-electron chi connectivity index (χ1n) is 5.14. The van der Waals surface area contributed by atoms with Gasteiger partial charge in [0.25, 0.3) is 0 Å². The molecule has 1 rings (SSSR count). The lowest BCUT2D eigenvalue weighted by Gasteiger charge is -2.21. The number of hydrogen-bond acceptors (Lipinski definition) is 4. The second kappa shape index (κ2) is 5.88. The summed E-state index contributed by atoms with van der Waals surface area (Å²) in [5, 5.41) is 8.76. The van der Waals surface area contributed by atoms with Crippen molar-refractivity contribution in [3.63, 3.8) is 0 Å². The summed E-state index contributed by atoms with van der Waals surface area (Å²) in [4.78, 5) is 6.60. The number of aliphatic hydroxyl groups is 1. The summed E-state index contributed by atoms with van der Waals surface area (Å²) in [5.74, 6) is 0. The lowest BCUT2D eigenvalue weighted by molar-refractivity contribution is 0.203. The van der Waals surface area contributed by atoms with Crippen LogP contribution >= 0.6 is 0 Å². The van der Waals surface area contributed by atoms with E-state index in [1.165, 1.54) is 6.42 Å². The molecule has 0 aromatic rings. The van der Waals surface area contributed by atoms with Crippen molar-refractivity contribution in [2.45, 2.75) is 6.42 Å². The Morgan fingerprint density at radius 2 is 1.86 bits per heavy atom. The van der Waals surface area contributed by atoms with Crippen LogP contribution in [0.5, 0.6) is 0 Å². The predicted molar refractivity (Wildman–Crippen MR) is 57.7 cm³/mol. The number of β-amino-alcohol motifs (C(OH)–C–C–N with tert-alkyl or cyclic N) is 1. The van der Waals surface area contributed by atoms with E-state index in [0.717, 1.165) is 26.3 Å². The first-order valence-corrected chi connectivity index (χ1v) is 5.14. The van der Waals surface area contributed by atoms with Crippen LogP contribution in [0, 0.1) is 0 Å². The van der Waals surface area contributed by atoms with Crippen LogP contribution < -0.4 is 0 Å². The average molecular weight is 199 g/mol. The third-order valence-electron chi connectivity index (χ3n) is 2.29. The smallest absolute Gasteiger partial charge is 0.0894 e. The minimum Gasteiger partial charge on any atom is -0.395 e. The highest BCUT2D eigenvalue weighted by molar-refractivity contribution is 4.90. The number of hydrogen-bond donors (Lipinski definition) is 1. The van der Waals surface area contributed by atoms with Crippen molar-refractivity contribution in [1.29, 1.82) is 0 Å². The first-order chi connectivity index (χ1) is 6.72. The van der Waals surface area contributed by atoms with E-state index in [1.807, 2.05) is 6.20 Å². The molecular weight excluding hydrogens is 178 g/mol. The lowest BCUT2D eigenvalue weighted by atomic mass is 10.4. The molecule has 1 aliphatic heterocycles. The fourth-order valence-electron chi connectivity index (χ4n) is 1.53. The summed E-state index contributed by atoms with van der Waals surface area (Å²) >= 11 is 0. The van der Waals surface area contributed by atoms with E-state index < -0.39 is 0 Å². The van der Waals surface area contributed by atoms with Crippen LogP contribution in [0.2, 0.25) is 0 Å². The van der Waals surface area contributed by atoms with E-state index in [-0.39, 0.29) is 6.61 Å². The molecule has 1 aliphatic rings. The van der Waals surface area contributed by atoms with Crippen LogP contribution in [0.25, 0.3) is 0 Å². The van der Waals surface area contributed by atoms with Crippen LogP contribution in [0.1, 0.15) is 6.42 Å². The highest BCUT2D eigenvalue weighted by Crippen LogP contribution is 2.06. The van der Waals surface area contributed by atoms with Crippen LogP contribution in [0.3, 0.4) is 0 Å². The van der Waals surface area contributed by atoms with Gasteiger partial charge in [-0.05, 0) is 27.1 Å². The van der Waals surface area contributed by atoms with Gasteiger partial charge in [-0.15, -0.1) is 0 Å². The maximum absolute atomic E-state index is 8.76. The molecule has 0 radical (unpaired) electrons. The summed E-state index contributed by atoms with van der Waals surface area (Å²) in [6.45, 7) is 4.12. The third-order valence-corrected chi connectivity index (χ3v) is 2.29. The average Bonchev–Trinajstić information content (AvgIpc) is 2.53. The SMILES string of the molecule is CN(C)CCCN1C=CN(CCO)C1. The summed E-state index contributed by atoms with van der Waals surface area (Å²) in [6, 6.07) is 0. The topological polar surface area (TPSA) is 30.0 Å². The van der Waals surface area contributed by atoms with Gasteiger partial charge in [0.15, 0.2) is 0 Å². The summed E-state index contributed by atoms with van der Waals surface area (Å²) in [5.41, 5.74) is 0. The molecule has 0 aromatic carbocycles. The zero-order valence-electron chi connectivity index (χ0n) is 9.19. The van der Waals surface area contributed by atoms with Gasteiger partial charge in [0, 0.05) is 25.5 Å². The van der Waals surface area contributed by atoms with Gasteiger partial charge < -0.3 is 19.8 Å². The van der Waals surface area contributed by atoms with Gasteiger partial charge in [-0.1, -0.05) is 0 Å². The number of rotatable bonds is 6. The molecule has 14 heavy (non-hydrogen) atoms. The largest absolute Gasteiger partial charge is 0.395 e. The van der Waals surface area contributed by atoms with Crippen LogP contribution in [-0.4, -0.2) is 66.8 Å². The highest BCUT2D eigenvalue weighted by atomic mass is 16.3. The molecule has 0 amide bonds. The Labute approximate surface area is 86.4 Å². The van der Waals surface area contributed by atoms with E-state index in [4.69, 9.17) is 5.11 Å². The normalized spacial score (nSPS) is 16.0. The summed E-state index contributed by atoms with van der Waals surface area (Å²) in [7, 11) is 4.19. The van der Waals surface area contributed by atoms with E-state index in [9.17, 15) is 0 Å². The van der Waals surface area contributed by atoms with Crippen LogP contribution in [0.4, 0.5) is 0 Å². The van der Waals surface area contributed by atoms with Gasteiger partial charge in [-0.3, -0.25) is 0 Å². The number of aliphatic hydroxyl groups excluding tert-OH is 1. The maximum atomic E-state index is 8.76. The van der Waals surface area contributed by atoms with Crippen LogP contribution in [0.15, 0.2) is 12.4 Å². The predicted octanol–water partition coefficient (Wildman–Crippen LogP) is -0.0233. The zero-order chi connectivity index (χ0) is 10.4. The van der Waals surface area contributed by atoms with E-state index in [0.29, 0.717) is 0 Å². The zero-order valence-corrected chi connectivity index (χ0v) is 9.19. The summed E-state index contributed by atoms with van der Waals surface area (Å²) < 4.78 is 0. The Balaban J connectivity index is 2.08. The molecule has 1 heterocycles. The van der Waals surface area contributed by atoms with Gasteiger partial charge in [0.2, 0.25) is 0 Å². The van der Waals surface area contributed by atoms with E-state index in [1.54, 1.807) is 0 Å². The second-order valence-corrected chi connectivity index (χ2v) is 3.94. The molecule has 0 spiro atoms. The molecule has 0 aliphatic carbocycles. The Kier molecular flexibility index (Phi) is 4.76. The van der Waals surface area contributed by atoms with Crippen molar-refractivity contribution >= 4 is 0 Å². The lowest BCUT2D eigenvalue weighted by Crippen LogP contribution is -2.29. The minimum atomic E-state index is 0.232. The van der Waals surface area contributed by atoms with E-state index >= 15 is 0 Å². The molecule has 0 saturated heterocycles. The molecule has 4 nitrogen and oxygen atoms in total. The third kappa shape index (κ3) is 3.98. The molecule has 0 atom stereocenters. The first kappa shape index (κ1) is 11.3. The standard InChI is InChI=1S/C10H21N3O/c1-11(2)4-3-5-12-6-7-13(10-12)8-9-14/h6-7,14H,3-5,8-10H2,1-2H3. The van der Waals surface area contributed by atoms with Crippen molar-refractivity contribution in [3.05, 3.63) is 12.4 Å². The molecule has 82 valence electrons. The molecule has 0 fully saturated rings. The Morgan fingerprint density at radius 1 is 1.21 bits per heavy atom. The fourth-order valence-corrected chi connectivity index (χ4v) is 1.53. The Bertz CT molecular complexity index is 182.